The lowest BCUT2D eigenvalue weighted by atomic mass is 9.77. The van der Waals surface area contributed by atoms with Crippen molar-refractivity contribution in [1.82, 2.24) is 0 Å². The molecule has 0 aliphatic heterocycles. The molecule has 0 bridgehead atoms. The molecule has 1 aromatic carbocycles. The fourth-order valence-electron chi connectivity index (χ4n) is 2.58. The van der Waals surface area contributed by atoms with Crippen LogP contribution in [0.15, 0.2) is 24.3 Å². The lowest BCUT2D eigenvalue weighted by Gasteiger charge is -2.25. The third-order valence-electron chi connectivity index (χ3n) is 3.99. The molecule has 0 amide bonds. The van der Waals surface area contributed by atoms with Gasteiger partial charge in [0.15, 0.2) is 0 Å². The van der Waals surface area contributed by atoms with E-state index in [0.29, 0.717) is 12.3 Å². The molecule has 1 atom stereocenters. The van der Waals surface area contributed by atoms with Crippen molar-refractivity contribution in [1.29, 1.82) is 0 Å². The minimum atomic E-state index is -0.758. The standard InChI is InChI=1S/C18H28O2.C2H6/c1-5-6-7-12-18(4,17(19)20)16-10-8-15(9-11-16)13-14(2)3;1-2/h8-11,14H,5-7,12-13H2,1-4H3,(H,19,20);1-2H3. The van der Waals surface area contributed by atoms with E-state index in [0.717, 1.165) is 31.2 Å². The van der Waals surface area contributed by atoms with Crippen molar-refractivity contribution in [3.8, 4) is 0 Å². The second kappa shape index (κ2) is 10.4. The van der Waals surface area contributed by atoms with Crippen molar-refractivity contribution >= 4 is 5.97 Å². The van der Waals surface area contributed by atoms with E-state index in [1.807, 2.05) is 32.9 Å². The summed E-state index contributed by atoms with van der Waals surface area (Å²) in [6.07, 6.45) is 4.92. The molecule has 2 heteroatoms. The van der Waals surface area contributed by atoms with Gasteiger partial charge in [-0.15, -0.1) is 0 Å². The largest absolute Gasteiger partial charge is 0.481 e. The van der Waals surface area contributed by atoms with Gasteiger partial charge >= 0.3 is 5.97 Å². The summed E-state index contributed by atoms with van der Waals surface area (Å²) in [6.45, 7) is 12.4. The van der Waals surface area contributed by atoms with Crippen LogP contribution in [-0.2, 0) is 16.6 Å². The zero-order valence-corrected chi connectivity index (χ0v) is 15.3. The monoisotopic (exact) mass is 306 g/mol. The predicted octanol–water partition coefficient (Wildman–Crippen LogP) is 5.83. The molecular formula is C20H34O2. The molecule has 0 aliphatic rings. The Hall–Kier alpha value is -1.31. The fraction of sp³-hybridized carbons (Fsp3) is 0.650. The normalized spacial score (nSPS) is 13.2. The van der Waals surface area contributed by atoms with Crippen LogP contribution in [0.4, 0.5) is 0 Å². The highest BCUT2D eigenvalue weighted by Crippen LogP contribution is 2.30. The number of benzene rings is 1. The average Bonchev–Trinajstić information content (AvgIpc) is 2.49. The van der Waals surface area contributed by atoms with E-state index in [1.54, 1.807) is 0 Å². The Kier molecular flexibility index (Phi) is 9.80. The lowest BCUT2D eigenvalue weighted by molar-refractivity contribution is -0.143. The first kappa shape index (κ1) is 20.7. The molecule has 126 valence electrons. The van der Waals surface area contributed by atoms with E-state index in [2.05, 4.69) is 32.9 Å². The number of carbonyl (C=O) groups is 1. The molecule has 0 radical (unpaired) electrons. The Labute approximate surface area is 137 Å². The number of hydrogen-bond acceptors (Lipinski definition) is 1. The van der Waals surface area contributed by atoms with Crippen molar-refractivity contribution < 1.29 is 9.90 Å². The van der Waals surface area contributed by atoms with Crippen LogP contribution in [0.3, 0.4) is 0 Å². The summed E-state index contributed by atoms with van der Waals surface area (Å²) < 4.78 is 0. The van der Waals surface area contributed by atoms with Crippen LogP contribution in [0.25, 0.3) is 0 Å². The summed E-state index contributed by atoms with van der Waals surface area (Å²) in [5.41, 5.74) is 1.45. The summed E-state index contributed by atoms with van der Waals surface area (Å²) in [7, 11) is 0. The van der Waals surface area contributed by atoms with Gasteiger partial charge in [0, 0.05) is 0 Å². The summed E-state index contributed by atoms with van der Waals surface area (Å²) in [4.78, 5) is 11.7. The summed E-state index contributed by atoms with van der Waals surface area (Å²) in [5.74, 6) is -0.0959. The van der Waals surface area contributed by atoms with Crippen molar-refractivity contribution in [2.75, 3.05) is 0 Å². The van der Waals surface area contributed by atoms with Gasteiger partial charge in [-0.2, -0.15) is 0 Å². The minimum absolute atomic E-state index is 0.622. The quantitative estimate of drug-likeness (QED) is 0.613. The second-order valence-corrected chi connectivity index (χ2v) is 6.39. The molecule has 0 aromatic heterocycles. The van der Waals surface area contributed by atoms with Crippen LogP contribution >= 0.6 is 0 Å². The van der Waals surface area contributed by atoms with E-state index in [1.165, 1.54) is 5.56 Å². The first-order chi connectivity index (χ1) is 10.4. The molecule has 1 aromatic rings. The first-order valence-corrected chi connectivity index (χ1v) is 8.73. The molecule has 1 unspecified atom stereocenters. The molecule has 0 aliphatic carbocycles. The maximum Gasteiger partial charge on any atom is 0.313 e. The van der Waals surface area contributed by atoms with Crippen LogP contribution in [0.5, 0.6) is 0 Å². The van der Waals surface area contributed by atoms with Crippen LogP contribution < -0.4 is 0 Å². The van der Waals surface area contributed by atoms with Gasteiger partial charge in [0.05, 0.1) is 5.41 Å². The van der Waals surface area contributed by atoms with Crippen molar-refractivity contribution in [3.05, 3.63) is 35.4 Å². The SMILES string of the molecule is CC.CCCCCC(C)(C(=O)O)c1ccc(CC(C)C)cc1. The Morgan fingerprint density at radius 1 is 1.14 bits per heavy atom. The maximum atomic E-state index is 11.7. The van der Waals surface area contributed by atoms with Crippen LogP contribution in [0, 0.1) is 5.92 Å². The molecule has 1 N–H and O–H groups in total. The Morgan fingerprint density at radius 2 is 1.68 bits per heavy atom. The van der Waals surface area contributed by atoms with Gasteiger partial charge in [-0.3, -0.25) is 4.79 Å². The zero-order chi connectivity index (χ0) is 17.2. The third kappa shape index (κ3) is 6.21. The number of unbranched alkanes of at least 4 members (excludes halogenated alkanes) is 2. The van der Waals surface area contributed by atoms with Crippen LogP contribution in [-0.4, -0.2) is 11.1 Å². The van der Waals surface area contributed by atoms with Gasteiger partial charge < -0.3 is 5.11 Å². The Morgan fingerprint density at radius 3 is 2.09 bits per heavy atom. The highest BCUT2D eigenvalue weighted by Gasteiger charge is 2.34. The van der Waals surface area contributed by atoms with Crippen LogP contribution in [0.2, 0.25) is 0 Å². The molecule has 0 saturated heterocycles. The first-order valence-electron chi connectivity index (χ1n) is 8.73. The summed E-state index contributed by atoms with van der Waals surface area (Å²) in [6, 6.07) is 8.16. The molecule has 0 saturated carbocycles. The number of carboxylic acids is 1. The van der Waals surface area contributed by atoms with Gasteiger partial charge in [0.1, 0.15) is 0 Å². The minimum Gasteiger partial charge on any atom is -0.481 e. The lowest BCUT2D eigenvalue weighted by Crippen LogP contribution is -2.32. The van der Waals surface area contributed by atoms with E-state index < -0.39 is 11.4 Å². The van der Waals surface area contributed by atoms with E-state index in [9.17, 15) is 9.90 Å². The second-order valence-electron chi connectivity index (χ2n) is 6.39. The zero-order valence-electron chi connectivity index (χ0n) is 15.3. The number of aliphatic carboxylic acids is 1. The summed E-state index contributed by atoms with van der Waals surface area (Å²) >= 11 is 0. The maximum absolute atomic E-state index is 11.7. The highest BCUT2D eigenvalue weighted by atomic mass is 16.4. The molecule has 22 heavy (non-hydrogen) atoms. The Bertz CT molecular complexity index is 420. The fourth-order valence-corrected chi connectivity index (χ4v) is 2.58. The molecule has 0 spiro atoms. The van der Waals surface area contributed by atoms with E-state index in [-0.39, 0.29) is 0 Å². The predicted molar refractivity (Wildman–Crippen MR) is 95.5 cm³/mol. The Balaban J connectivity index is 0.00000211. The van der Waals surface area contributed by atoms with Gasteiger partial charge in [0.2, 0.25) is 0 Å². The van der Waals surface area contributed by atoms with E-state index >= 15 is 0 Å². The molecule has 2 nitrogen and oxygen atoms in total. The van der Waals surface area contributed by atoms with Gasteiger partial charge in [-0.1, -0.05) is 78.1 Å². The average molecular weight is 306 g/mol. The van der Waals surface area contributed by atoms with Gasteiger partial charge in [0.25, 0.3) is 0 Å². The number of hydrogen-bond donors (Lipinski definition) is 1. The molecule has 1 rings (SSSR count). The van der Waals surface area contributed by atoms with Crippen molar-refractivity contribution in [3.63, 3.8) is 0 Å². The van der Waals surface area contributed by atoms with Crippen molar-refractivity contribution in [2.45, 2.75) is 79.1 Å². The van der Waals surface area contributed by atoms with Crippen molar-refractivity contribution in [2.24, 2.45) is 5.92 Å². The van der Waals surface area contributed by atoms with Crippen LogP contribution in [0.1, 0.15) is 78.4 Å². The highest BCUT2D eigenvalue weighted by molar-refractivity contribution is 5.80. The number of carboxylic acid groups (broad SMARTS) is 1. The smallest absolute Gasteiger partial charge is 0.313 e. The molecule has 0 fully saturated rings. The molecular weight excluding hydrogens is 272 g/mol. The third-order valence-corrected chi connectivity index (χ3v) is 3.99. The summed E-state index contributed by atoms with van der Waals surface area (Å²) in [5, 5.41) is 9.60. The molecule has 0 heterocycles. The van der Waals surface area contributed by atoms with Gasteiger partial charge in [-0.25, -0.2) is 0 Å². The number of rotatable bonds is 8. The topological polar surface area (TPSA) is 37.3 Å². The van der Waals surface area contributed by atoms with E-state index in [4.69, 9.17) is 0 Å². The van der Waals surface area contributed by atoms with Gasteiger partial charge in [-0.05, 0) is 36.8 Å².